The smallest absolute Gasteiger partial charge is 0.319 e. The predicted molar refractivity (Wildman–Crippen MR) is 96.8 cm³/mol. The lowest BCUT2D eigenvalue weighted by Crippen LogP contribution is -2.42. The summed E-state index contributed by atoms with van der Waals surface area (Å²) in [5, 5.41) is 5.29. The van der Waals surface area contributed by atoms with Gasteiger partial charge >= 0.3 is 6.03 Å². The number of carbonyl (C=O) groups is 3. The SMILES string of the molecule is Cc1cc(C(=O)NNC(=O)c2ccccc2NC(=O)NC(C)C)c(C)o1. The molecule has 1 aromatic carbocycles. The Hall–Kier alpha value is -3.29. The zero-order valence-corrected chi connectivity index (χ0v) is 15.1. The zero-order chi connectivity index (χ0) is 19.3. The molecule has 0 unspecified atom stereocenters. The minimum absolute atomic E-state index is 0.0445. The van der Waals surface area contributed by atoms with Crippen LogP contribution in [0.15, 0.2) is 34.7 Å². The van der Waals surface area contributed by atoms with E-state index in [0.29, 0.717) is 22.8 Å². The van der Waals surface area contributed by atoms with Crippen LogP contribution in [0.1, 0.15) is 46.1 Å². The molecule has 1 heterocycles. The highest BCUT2D eigenvalue weighted by Crippen LogP contribution is 2.15. The van der Waals surface area contributed by atoms with Gasteiger partial charge in [0.2, 0.25) is 0 Å². The first kappa shape index (κ1) is 19.0. The number of furan rings is 1. The van der Waals surface area contributed by atoms with E-state index in [1.54, 1.807) is 44.2 Å². The standard InChI is InChI=1S/C18H22N4O4/c1-10(2)19-18(25)20-15-8-6-5-7-13(15)16(23)21-22-17(24)14-9-11(3)26-12(14)4/h5-10H,1-4H3,(H,21,23)(H,22,24)(H2,19,20,25). The average molecular weight is 358 g/mol. The van der Waals surface area contributed by atoms with Crippen molar-refractivity contribution in [2.45, 2.75) is 33.7 Å². The van der Waals surface area contributed by atoms with Gasteiger partial charge in [-0.05, 0) is 45.9 Å². The fourth-order valence-corrected chi connectivity index (χ4v) is 2.32. The Morgan fingerprint density at radius 1 is 0.962 bits per heavy atom. The first-order valence-electron chi connectivity index (χ1n) is 8.12. The van der Waals surface area contributed by atoms with Crippen LogP contribution in [0, 0.1) is 13.8 Å². The first-order chi connectivity index (χ1) is 12.3. The third-order valence-corrected chi connectivity index (χ3v) is 3.41. The van der Waals surface area contributed by atoms with E-state index in [0.717, 1.165) is 0 Å². The van der Waals surface area contributed by atoms with Crippen molar-refractivity contribution < 1.29 is 18.8 Å². The number of benzene rings is 1. The van der Waals surface area contributed by atoms with Crippen molar-refractivity contribution in [1.82, 2.24) is 16.2 Å². The summed E-state index contributed by atoms with van der Waals surface area (Å²) in [6, 6.07) is 7.61. The maximum Gasteiger partial charge on any atom is 0.319 e. The number of rotatable bonds is 4. The largest absolute Gasteiger partial charge is 0.466 e. The number of hydrazine groups is 1. The summed E-state index contributed by atoms with van der Waals surface area (Å²) in [6.07, 6.45) is 0. The summed E-state index contributed by atoms with van der Waals surface area (Å²) in [7, 11) is 0. The third kappa shape index (κ3) is 4.85. The maximum atomic E-state index is 12.4. The number of aryl methyl sites for hydroxylation is 2. The van der Waals surface area contributed by atoms with Gasteiger partial charge in [-0.15, -0.1) is 0 Å². The Labute approximate surface area is 151 Å². The molecular weight excluding hydrogens is 336 g/mol. The second kappa shape index (κ2) is 8.19. The quantitative estimate of drug-likeness (QED) is 0.629. The number of hydrogen-bond donors (Lipinski definition) is 4. The number of nitrogens with one attached hydrogen (secondary N) is 4. The Kier molecular flexibility index (Phi) is 6.00. The van der Waals surface area contributed by atoms with Gasteiger partial charge in [0.05, 0.1) is 16.8 Å². The van der Waals surface area contributed by atoms with Gasteiger partial charge in [-0.3, -0.25) is 20.4 Å². The van der Waals surface area contributed by atoms with E-state index in [1.807, 2.05) is 13.8 Å². The maximum absolute atomic E-state index is 12.4. The number of para-hydroxylation sites is 1. The molecule has 0 radical (unpaired) electrons. The molecule has 0 spiro atoms. The molecule has 0 aliphatic heterocycles. The molecule has 0 atom stereocenters. The van der Waals surface area contributed by atoms with Crippen molar-refractivity contribution in [1.29, 1.82) is 0 Å². The van der Waals surface area contributed by atoms with Crippen LogP contribution in [0.5, 0.6) is 0 Å². The summed E-state index contributed by atoms with van der Waals surface area (Å²) >= 11 is 0. The summed E-state index contributed by atoms with van der Waals surface area (Å²) in [5.41, 5.74) is 5.55. The molecule has 4 N–H and O–H groups in total. The lowest BCUT2D eigenvalue weighted by Gasteiger charge is -2.13. The van der Waals surface area contributed by atoms with Gasteiger partial charge in [0.25, 0.3) is 11.8 Å². The van der Waals surface area contributed by atoms with Crippen molar-refractivity contribution in [3.63, 3.8) is 0 Å². The van der Waals surface area contributed by atoms with Gasteiger partial charge in [-0.25, -0.2) is 4.79 Å². The lowest BCUT2D eigenvalue weighted by molar-refractivity contribution is 0.0846. The van der Waals surface area contributed by atoms with Crippen molar-refractivity contribution in [3.8, 4) is 0 Å². The highest BCUT2D eigenvalue weighted by molar-refractivity contribution is 6.05. The molecule has 4 amide bonds. The van der Waals surface area contributed by atoms with Crippen LogP contribution in [0.2, 0.25) is 0 Å². The van der Waals surface area contributed by atoms with Crippen molar-refractivity contribution in [2.24, 2.45) is 0 Å². The molecular formula is C18H22N4O4. The topological polar surface area (TPSA) is 112 Å². The van der Waals surface area contributed by atoms with Gasteiger partial charge in [0.1, 0.15) is 11.5 Å². The van der Waals surface area contributed by atoms with Gasteiger partial charge in [-0.1, -0.05) is 12.1 Å². The molecule has 1 aromatic heterocycles. The number of urea groups is 1. The molecule has 8 heteroatoms. The van der Waals surface area contributed by atoms with Crippen LogP contribution in [-0.4, -0.2) is 23.9 Å². The van der Waals surface area contributed by atoms with E-state index in [1.165, 1.54) is 0 Å². The van der Waals surface area contributed by atoms with Gasteiger partial charge in [0, 0.05) is 6.04 Å². The van der Waals surface area contributed by atoms with E-state index in [4.69, 9.17) is 4.42 Å². The number of amides is 4. The summed E-state index contributed by atoms with van der Waals surface area (Å²) in [4.78, 5) is 36.4. The molecule has 0 fully saturated rings. The van der Waals surface area contributed by atoms with Crippen LogP contribution >= 0.6 is 0 Å². The Bertz CT molecular complexity index is 826. The first-order valence-corrected chi connectivity index (χ1v) is 8.12. The minimum Gasteiger partial charge on any atom is -0.466 e. The van der Waals surface area contributed by atoms with Crippen LogP contribution < -0.4 is 21.5 Å². The average Bonchev–Trinajstić information content (AvgIpc) is 2.90. The van der Waals surface area contributed by atoms with Gasteiger partial charge in [0.15, 0.2) is 0 Å². The summed E-state index contributed by atoms with van der Waals surface area (Å²) in [6.45, 7) is 7.05. The van der Waals surface area contributed by atoms with E-state index in [9.17, 15) is 14.4 Å². The fourth-order valence-electron chi connectivity index (χ4n) is 2.32. The molecule has 26 heavy (non-hydrogen) atoms. The molecule has 0 saturated carbocycles. The molecule has 0 bridgehead atoms. The number of carbonyl (C=O) groups excluding carboxylic acids is 3. The summed E-state index contributed by atoms with van der Waals surface area (Å²) < 4.78 is 5.29. The molecule has 2 rings (SSSR count). The predicted octanol–water partition coefficient (Wildman–Crippen LogP) is 2.50. The molecule has 8 nitrogen and oxygen atoms in total. The van der Waals surface area contributed by atoms with Crippen LogP contribution in [0.25, 0.3) is 0 Å². The van der Waals surface area contributed by atoms with Crippen LogP contribution in [0.3, 0.4) is 0 Å². The molecule has 2 aromatic rings. The van der Waals surface area contributed by atoms with Gasteiger partial charge < -0.3 is 15.1 Å². The van der Waals surface area contributed by atoms with Crippen molar-refractivity contribution >= 4 is 23.5 Å². The Morgan fingerprint density at radius 3 is 2.15 bits per heavy atom. The van der Waals surface area contributed by atoms with E-state index >= 15 is 0 Å². The van der Waals surface area contributed by atoms with Crippen LogP contribution in [-0.2, 0) is 0 Å². The van der Waals surface area contributed by atoms with E-state index < -0.39 is 17.8 Å². The molecule has 0 saturated heterocycles. The molecule has 138 valence electrons. The number of hydrogen-bond acceptors (Lipinski definition) is 4. The third-order valence-electron chi connectivity index (χ3n) is 3.41. The van der Waals surface area contributed by atoms with E-state index in [-0.39, 0.29) is 11.6 Å². The van der Waals surface area contributed by atoms with Crippen molar-refractivity contribution in [2.75, 3.05) is 5.32 Å². The second-order valence-electron chi connectivity index (χ2n) is 6.03. The summed E-state index contributed by atoms with van der Waals surface area (Å²) in [5.74, 6) is 0.0127. The Balaban J connectivity index is 2.04. The highest BCUT2D eigenvalue weighted by Gasteiger charge is 2.17. The Morgan fingerprint density at radius 2 is 1.58 bits per heavy atom. The molecule has 0 aliphatic carbocycles. The lowest BCUT2D eigenvalue weighted by atomic mass is 10.1. The minimum atomic E-state index is -0.559. The number of anilines is 1. The monoisotopic (exact) mass is 358 g/mol. The van der Waals surface area contributed by atoms with Crippen LogP contribution in [0.4, 0.5) is 10.5 Å². The highest BCUT2D eigenvalue weighted by atomic mass is 16.3. The zero-order valence-electron chi connectivity index (χ0n) is 15.1. The van der Waals surface area contributed by atoms with E-state index in [2.05, 4.69) is 21.5 Å². The molecule has 0 aliphatic rings. The normalized spacial score (nSPS) is 10.3. The van der Waals surface area contributed by atoms with Gasteiger partial charge in [-0.2, -0.15) is 0 Å². The van der Waals surface area contributed by atoms with Crippen molar-refractivity contribution in [3.05, 3.63) is 53.0 Å². The second-order valence-corrected chi connectivity index (χ2v) is 6.03. The fraction of sp³-hybridized carbons (Fsp3) is 0.278.